The maximum atomic E-state index is 11.8. The summed E-state index contributed by atoms with van der Waals surface area (Å²) in [4.78, 5) is 22.9. The molecule has 162 valence electrons. The number of benzene rings is 2. The summed E-state index contributed by atoms with van der Waals surface area (Å²) >= 11 is 0. The minimum absolute atomic E-state index is 0.371. The first kappa shape index (κ1) is 22.8. The smallest absolute Gasteiger partial charge is 0.405 e. The average Bonchev–Trinajstić information content (AvgIpc) is 2.61. The zero-order valence-corrected chi connectivity index (χ0v) is 17.8. The van der Waals surface area contributed by atoms with Gasteiger partial charge in [0.2, 0.25) is 0 Å². The van der Waals surface area contributed by atoms with Crippen molar-refractivity contribution in [2.24, 2.45) is 5.73 Å². The van der Waals surface area contributed by atoms with Crippen LogP contribution in [0.1, 0.15) is 19.4 Å². The number of carbonyl (C=O) groups is 2. The molecule has 0 aliphatic carbocycles. The van der Waals surface area contributed by atoms with E-state index in [9.17, 15) is 9.59 Å². The van der Waals surface area contributed by atoms with E-state index in [4.69, 9.17) is 19.9 Å². The van der Waals surface area contributed by atoms with E-state index in [-0.39, 0.29) is 6.03 Å². The Morgan fingerprint density at radius 1 is 1.10 bits per heavy atom. The third-order valence-electron chi connectivity index (χ3n) is 3.88. The first-order chi connectivity index (χ1) is 14.1. The van der Waals surface area contributed by atoms with Gasteiger partial charge >= 0.3 is 12.1 Å². The van der Waals surface area contributed by atoms with E-state index in [1.165, 1.54) is 12.1 Å². The number of urea groups is 1. The molecule has 0 radical (unpaired) electrons. The normalized spacial score (nSPS) is 11.0. The number of rotatable bonds is 8. The van der Waals surface area contributed by atoms with Crippen molar-refractivity contribution in [3.05, 3.63) is 48.0 Å². The van der Waals surface area contributed by atoms with Gasteiger partial charge in [-0.15, -0.1) is 0 Å². The SMILES string of the molecule is COc1cc(NC(=O)NN(C)C)ccc1Oc1cccc(CC(C)(C)OC(N)=O)c1. The lowest BCUT2D eigenvalue weighted by Crippen LogP contribution is -2.39. The molecule has 0 fully saturated rings. The third kappa shape index (κ3) is 7.17. The first-order valence-electron chi connectivity index (χ1n) is 9.26. The molecule has 0 saturated carbocycles. The number of nitrogens with two attached hydrogens (primary N) is 1. The summed E-state index contributed by atoms with van der Waals surface area (Å²) in [6.07, 6.45) is -0.348. The Balaban J connectivity index is 2.14. The van der Waals surface area contributed by atoms with Gasteiger partial charge in [-0.2, -0.15) is 0 Å². The average molecular weight is 416 g/mol. The molecule has 0 aromatic heterocycles. The number of carbonyl (C=O) groups excluding carboxylic acids is 2. The van der Waals surface area contributed by atoms with E-state index >= 15 is 0 Å². The number of hydrazine groups is 1. The van der Waals surface area contributed by atoms with E-state index < -0.39 is 11.7 Å². The number of amides is 3. The van der Waals surface area contributed by atoms with Crippen LogP contribution in [0.2, 0.25) is 0 Å². The number of hydrogen-bond acceptors (Lipinski definition) is 6. The summed E-state index contributed by atoms with van der Waals surface area (Å²) in [5.41, 5.74) is 8.44. The van der Waals surface area contributed by atoms with Crippen molar-refractivity contribution in [1.82, 2.24) is 10.4 Å². The number of nitrogens with one attached hydrogen (secondary N) is 2. The van der Waals surface area contributed by atoms with Crippen LogP contribution >= 0.6 is 0 Å². The van der Waals surface area contributed by atoms with Crippen LogP contribution in [0.25, 0.3) is 0 Å². The lowest BCUT2D eigenvalue weighted by atomic mass is 9.98. The highest BCUT2D eigenvalue weighted by atomic mass is 16.6. The summed E-state index contributed by atoms with van der Waals surface area (Å²) in [5.74, 6) is 1.54. The molecule has 0 bridgehead atoms. The van der Waals surface area contributed by atoms with E-state index in [0.717, 1.165) is 5.56 Å². The second-order valence-corrected chi connectivity index (χ2v) is 7.43. The van der Waals surface area contributed by atoms with Gasteiger partial charge in [-0.3, -0.25) is 5.43 Å². The van der Waals surface area contributed by atoms with Crippen molar-refractivity contribution in [2.45, 2.75) is 25.9 Å². The molecular weight excluding hydrogens is 388 g/mol. The minimum atomic E-state index is -0.815. The fourth-order valence-corrected chi connectivity index (χ4v) is 2.84. The van der Waals surface area contributed by atoms with Gasteiger partial charge in [0.15, 0.2) is 11.5 Å². The molecule has 2 aromatic carbocycles. The maximum Gasteiger partial charge on any atom is 0.405 e. The number of primary amides is 1. The fraction of sp³-hybridized carbons (Fsp3) is 0.333. The topological polar surface area (TPSA) is 115 Å². The van der Waals surface area contributed by atoms with E-state index in [1.807, 2.05) is 24.3 Å². The highest BCUT2D eigenvalue weighted by molar-refractivity contribution is 5.89. The van der Waals surface area contributed by atoms with Crippen molar-refractivity contribution in [3.63, 3.8) is 0 Å². The van der Waals surface area contributed by atoms with E-state index in [2.05, 4.69) is 10.7 Å². The summed E-state index contributed by atoms with van der Waals surface area (Å²) in [7, 11) is 4.95. The number of ether oxygens (including phenoxy) is 3. The maximum absolute atomic E-state index is 11.8. The van der Waals surface area contributed by atoms with Crippen LogP contribution in [0.3, 0.4) is 0 Å². The van der Waals surface area contributed by atoms with E-state index in [0.29, 0.717) is 29.4 Å². The summed E-state index contributed by atoms with van der Waals surface area (Å²) < 4.78 is 16.5. The van der Waals surface area contributed by atoms with Crippen molar-refractivity contribution < 1.29 is 23.8 Å². The number of methoxy groups -OCH3 is 1. The van der Waals surface area contributed by atoms with Crippen LogP contribution in [0.4, 0.5) is 15.3 Å². The lowest BCUT2D eigenvalue weighted by molar-refractivity contribution is 0.0460. The molecule has 0 aliphatic rings. The highest BCUT2D eigenvalue weighted by Crippen LogP contribution is 2.34. The predicted octanol–water partition coefficient (Wildman–Crippen LogP) is 3.50. The quantitative estimate of drug-likeness (QED) is 0.567. The molecule has 0 atom stereocenters. The zero-order chi connectivity index (χ0) is 22.3. The molecule has 4 N–H and O–H groups in total. The van der Waals surface area contributed by atoms with Gasteiger partial charge in [0.25, 0.3) is 0 Å². The Morgan fingerprint density at radius 2 is 1.83 bits per heavy atom. The predicted molar refractivity (Wildman–Crippen MR) is 114 cm³/mol. The summed E-state index contributed by atoms with van der Waals surface area (Å²) in [6.45, 7) is 3.57. The lowest BCUT2D eigenvalue weighted by Gasteiger charge is -2.24. The Hall–Kier alpha value is -3.46. The third-order valence-corrected chi connectivity index (χ3v) is 3.88. The molecule has 2 aromatic rings. The van der Waals surface area contributed by atoms with Crippen LogP contribution in [0.5, 0.6) is 17.2 Å². The van der Waals surface area contributed by atoms with Gasteiger partial charge in [-0.05, 0) is 43.7 Å². The number of nitrogens with zero attached hydrogens (tertiary/aromatic N) is 1. The monoisotopic (exact) mass is 416 g/mol. The Bertz CT molecular complexity index is 899. The number of hydrogen-bond donors (Lipinski definition) is 3. The van der Waals surface area contributed by atoms with Crippen LogP contribution < -0.4 is 25.9 Å². The molecule has 0 saturated heterocycles. The summed E-state index contributed by atoms with van der Waals surface area (Å²) in [5, 5.41) is 4.25. The van der Waals surface area contributed by atoms with Gasteiger partial charge in [-0.25, -0.2) is 14.6 Å². The van der Waals surface area contributed by atoms with Crippen LogP contribution in [0, 0.1) is 0 Å². The Morgan fingerprint density at radius 3 is 2.47 bits per heavy atom. The van der Waals surface area contributed by atoms with Gasteiger partial charge in [0.1, 0.15) is 11.4 Å². The molecule has 9 heteroatoms. The highest BCUT2D eigenvalue weighted by Gasteiger charge is 2.22. The second kappa shape index (κ2) is 9.84. The van der Waals surface area contributed by atoms with Crippen molar-refractivity contribution in [3.8, 4) is 17.2 Å². The standard InChI is InChI=1S/C21H28N4O5/c1-21(2,30-19(22)26)13-14-7-6-8-16(11-14)29-17-10-9-15(12-18(17)28-5)23-20(27)24-25(3)4/h6-12H,13H2,1-5H3,(H2,22,26)(H2,23,24,27). The molecule has 0 aliphatic heterocycles. The van der Waals surface area contributed by atoms with Crippen molar-refractivity contribution >= 4 is 17.8 Å². The second-order valence-electron chi connectivity index (χ2n) is 7.43. The molecule has 0 spiro atoms. The Kier molecular flexibility index (Phi) is 7.48. The van der Waals surface area contributed by atoms with E-state index in [1.54, 1.807) is 46.1 Å². The molecule has 2 rings (SSSR count). The minimum Gasteiger partial charge on any atom is -0.493 e. The van der Waals surface area contributed by atoms with Crippen LogP contribution in [-0.2, 0) is 11.2 Å². The van der Waals surface area contributed by atoms with Crippen molar-refractivity contribution in [2.75, 3.05) is 26.5 Å². The largest absolute Gasteiger partial charge is 0.493 e. The molecule has 0 unspecified atom stereocenters. The van der Waals surface area contributed by atoms with Crippen LogP contribution in [0.15, 0.2) is 42.5 Å². The van der Waals surface area contributed by atoms with Gasteiger partial charge < -0.3 is 25.3 Å². The van der Waals surface area contributed by atoms with Gasteiger partial charge in [-0.1, -0.05) is 12.1 Å². The first-order valence-corrected chi connectivity index (χ1v) is 9.26. The van der Waals surface area contributed by atoms with Gasteiger partial charge in [0, 0.05) is 32.3 Å². The molecular formula is C21H28N4O5. The molecule has 3 amide bonds. The fourth-order valence-electron chi connectivity index (χ4n) is 2.84. The van der Waals surface area contributed by atoms with Gasteiger partial charge in [0.05, 0.1) is 7.11 Å². The molecule has 30 heavy (non-hydrogen) atoms. The number of anilines is 1. The molecule has 9 nitrogen and oxygen atoms in total. The zero-order valence-electron chi connectivity index (χ0n) is 17.8. The summed E-state index contributed by atoms with van der Waals surface area (Å²) in [6, 6.07) is 12.1. The van der Waals surface area contributed by atoms with Crippen molar-refractivity contribution in [1.29, 1.82) is 0 Å². The Labute approximate surface area is 176 Å². The van der Waals surface area contributed by atoms with Crippen LogP contribution in [-0.4, -0.2) is 43.9 Å². The molecule has 0 heterocycles.